The average molecular weight is 231 g/mol. The summed E-state index contributed by atoms with van der Waals surface area (Å²) in [4.78, 5) is 7.30. The van der Waals surface area contributed by atoms with Crippen molar-refractivity contribution in [1.82, 2.24) is 4.90 Å². The molecule has 0 amide bonds. The van der Waals surface area contributed by atoms with E-state index in [4.69, 9.17) is 4.84 Å². The van der Waals surface area contributed by atoms with Gasteiger partial charge in [0.1, 0.15) is 5.76 Å². The Morgan fingerprint density at radius 2 is 2.47 bits per heavy atom. The van der Waals surface area contributed by atoms with Gasteiger partial charge in [-0.1, -0.05) is 24.7 Å². The summed E-state index contributed by atoms with van der Waals surface area (Å²) >= 11 is 0. The minimum Gasteiger partial charge on any atom is -0.362 e. The maximum absolute atomic E-state index is 5.04. The molecule has 4 heteroatoms. The van der Waals surface area contributed by atoms with Crippen molar-refractivity contribution in [2.24, 2.45) is 5.16 Å². The molecule has 1 aliphatic rings. The molecule has 3 nitrogen and oxygen atoms in total. The number of hydrogen-bond donors (Lipinski definition) is 0. The molecule has 0 aliphatic carbocycles. The zero-order chi connectivity index (χ0) is 10.4. The second-order valence-electron chi connectivity index (χ2n) is 3.52. The molecule has 0 aromatic carbocycles. The van der Waals surface area contributed by atoms with Crippen LogP contribution in [0.5, 0.6) is 0 Å². The molecule has 0 unspecified atom stereocenters. The first-order valence-electron chi connectivity index (χ1n) is 4.98. The molecule has 0 saturated carbocycles. The minimum absolute atomic E-state index is 0. The summed E-state index contributed by atoms with van der Waals surface area (Å²) in [7, 11) is 2.10. The van der Waals surface area contributed by atoms with Crippen LogP contribution in [0.1, 0.15) is 19.8 Å². The molecule has 0 saturated heterocycles. The van der Waals surface area contributed by atoms with Crippen molar-refractivity contribution in [3.05, 3.63) is 24.0 Å². The molecule has 0 aromatic rings. The van der Waals surface area contributed by atoms with Crippen LogP contribution in [-0.4, -0.2) is 31.3 Å². The molecule has 0 atom stereocenters. The molecule has 0 radical (unpaired) electrons. The molecule has 0 aromatic heterocycles. The first-order chi connectivity index (χ1) is 6.72. The summed E-state index contributed by atoms with van der Waals surface area (Å²) in [6.07, 6.45) is 5.86. The van der Waals surface area contributed by atoms with Crippen molar-refractivity contribution in [1.29, 1.82) is 0 Å². The normalized spacial score (nSPS) is 17.1. The second-order valence-corrected chi connectivity index (χ2v) is 3.52. The summed E-state index contributed by atoms with van der Waals surface area (Å²) in [5.41, 5.74) is 1.21. The van der Waals surface area contributed by atoms with Crippen molar-refractivity contribution in [2.45, 2.75) is 19.8 Å². The third-order valence-electron chi connectivity index (χ3n) is 2.16. The molecule has 15 heavy (non-hydrogen) atoms. The fourth-order valence-electron chi connectivity index (χ4n) is 1.25. The molecule has 1 aliphatic heterocycles. The number of nitrogens with zero attached hydrogens (tertiary/aromatic N) is 2. The van der Waals surface area contributed by atoms with Crippen LogP contribution in [0, 0.1) is 0 Å². The van der Waals surface area contributed by atoms with Gasteiger partial charge in [0.2, 0.25) is 0 Å². The fraction of sp³-hybridized carbons (Fsp3) is 0.545. The van der Waals surface area contributed by atoms with Gasteiger partial charge in [0.05, 0.1) is 6.21 Å². The van der Waals surface area contributed by atoms with Crippen LogP contribution in [0.15, 0.2) is 29.1 Å². The number of halogens is 1. The molecule has 0 spiro atoms. The second kappa shape index (κ2) is 7.49. The molecular weight excluding hydrogens is 212 g/mol. The maximum atomic E-state index is 5.04. The van der Waals surface area contributed by atoms with Crippen LogP contribution in [-0.2, 0) is 4.84 Å². The van der Waals surface area contributed by atoms with Gasteiger partial charge in [0.25, 0.3) is 0 Å². The van der Waals surface area contributed by atoms with E-state index in [2.05, 4.69) is 29.8 Å². The van der Waals surface area contributed by atoms with Gasteiger partial charge >= 0.3 is 0 Å². The quantitative estimate of drug-likeness (QED) is 0.421. The lowest BCUT2D eigenvalue weighted by Crippen LogP contribution is -2.25. The summed E-state index contributed by atoms with van der Waals surface area (Å²) in [6, 6.07) is 0. The maximum Gasteiger partial charge on any atom is 0.127 e. The van der Waals surface area contributed by atoms with E-state index in [0.29, 0.717) is 5.76 Å². The predicted molar refractivity (Wildman–Crippen MR) is 66.5 cm³/mol. The highest BCUT2D eigenvalue weighted by atomic mass is 35.5. The standard InChI is InChI=1S/C11H18N2O.ClH/c1-4-10(2)14-12-8-11-6-5-7-13(3)9-11;/h6,8H,2,4-5,7,9H2,1,3H3;1H. The highest BCUT2D eigenvalue weighted by molar-refractivity contribution is 5.85. The van der Waals surface area contributed by atoms with Gasteiger partial charge in [0, 0.05) is 19.5 Å². The summed E-state index contributed by atoms with van der Waals surface area (Å²) in [6.45, 7) is 7.77. The van der Waals surface area contributed by atoms with E-state index in [9.17, 15) is 0 Å². The third-order valence-corrected chi connectivity index (χ3v) is 2.16. The van der Waals surface area contributed by atoms with Crippen molar-refractivity contribution in [3.63, 3.8) is 0 Å². The van der Waals surface area contributed by atoms with Crippen molar-refractivity contribution in [2.75, 3.05) is 20.1 Å². The summed E-state index contributed by atoms with van der Waals surface area (Å²) in [5.74, 6) is 0.700. The Bertz CT molecular complexity index is 261. The van der Waals surface area contributed by atoms with Gasteiger partial charge in [-0.3, -0.25) is 0 Å². The lowest BCUT2D eigenvalue weighted by molar-refractivity contribution is 0.222. The zero-order valence-electron chi connectivity index (χ0n) is 9.40. The molecule has 1 heterocycles. The molecule has 1 rings (SSSR count). The van der Waals surface area contributed by atoms with Crippen LogP contribution in [0.4, 0.5) is 0 Å². The minimum atomic E-state index is 0. The predicted octanol–water partition coefficient (Wildman–Crippen LogP) is 2.60. The summed E-state index contributed by atoms with van der Waals surface area (Å²) < 4.78 is 0. The van der Waals surface area contributed by atoms with Gasteiger partial charge in [0.15, 0.2) is 0 Å². The van der Waals surface area contributed by atoms with Gasteiger partial charge in [-0.05, 0) is 19.0 Å². The SMILES string of the molecule is C=C(CC)ON=CC1=CCCN(C)C1.Cl. The number of likely N-dealkylation sites (N-methyl/N-ethyl adjacent to an activating group) is 1. The Morgan fingerprint density at radius 3 is 3.07 bits per heavy atom. The number of hydrogen-bond acceptors (Lipinski definition) is 3. The van der Waals surface area contributed by atoms with E-state index < -0.39 is 0 Å². The van der Waals surface area contributed by atoms with Crippen LogP contribution in [0.2, 0.25) is 0 Å². The van der Waals surface area contributed by atoms with Crippen molar-refractivity contribution >= 4 is 18.6 Å². The van der Waals surface area contributed by atoms with Gasteiger partial charge in [-0.15, -0.1) is 12.4 Å². The smallest absolute Gasteiger partial charge is 0.127 e. The molecular formula is C11H19ClN2O. The van der Waals surface area contributed by atoms with E-state index >= 15 is 0 Å². The van der Waals surface area contributed by atoms with Crippen molar-refractivity contribution in [3.8, 4) is 0 Å². The largest absolute Gasteiger partial charge is 0.362 e. The lowest BCUT2D eigenvalue weighted by atomic mass is 10.1. The van der Waals surface area contributed by atoms with E-state index in [1.165, 1.54) is 5.57 Å². The van der Waals surface area contributed by atoms with Gasteiger partial charge in [-0.25, -0.2) is 0 Å². The highest BCUT2D eigenvalue weighted by Crippen LogP contribution is 2.06. The first-order valence-corrected chi connectivity index (χ1v) is 4.98. The average Bonchev–Trinajstić information content (AvgIpc) is 2.17. The van der Waals surface area contributed by atoms with Crippen LogP contribution in [0.3, 0.4) is 0 Å². The summed E-state index contributed by atoms with van der Waals surface area (Å²) in [5, 5.41) is 3.88. The molecule has 86 valence electrons. The topological polar surface area (TPSA) is 24.8 Å². The Morgan fingerprint density at radius 1 is 1.73 bits per heavy atom. The van der Waals surface area contributed by atoms with Crippen LogP contribution in [0.25, 0.3) is 0 Å². The first kappa shape index (κ1) is 14.2. The van der Waals surface area contributed by atoms with E-state index in [1.54, 1.807) is 6.21 Å². The number of allylic oxidation sites excluding steroid dienone is 1. The Balaban J connectivity index is 0.00000196. The molecule has 0 N–H and O–H groups in total. The van der Waals surface area contributed by atoms with Crippen molar-refractivity contribution < 1.29 is 4.84 Å². The zero-order valence-corrected chi connectivity index (χ0v) is 10.2. The Hall–Kier alpha value is -0.800. The molecule has 0 bridgehead atoms. The highest BCUT2D eigenvalue weighted by Gasteiger charge is 2.05. The van der Waals surface area contributed by atoms with Gasteiger partial charge in [-0.2, -0.15) is 0 Å². The van der Waals surface area contributed by atoms with Crippen LogP contribution >= 0.6 is 12.4 Å². The number of rotatable bonds is 4. The Labute approximate surface area is 97.9 Å². The van der Waals surface area contributed by atoms with Gasteiger partial charge < -0.3 is 9.74 Å². The fourth-order valence-corrected chi connectivity index (χ4v) is 1.25. The van der Waals surface area contributed by atoms with E-state index in [0.717, 1.165) is 25.9 Å². The lowest BCUT2D eigenvalue weighted by Gasteiger charge is -2.20. The van der Waals surface area contributed by atoms with E-state index in [-0.39, 0.29) is 12.4 Å². The van der Waals surface area contributed by atoms with E-state index in [1.807, 2.05) is 6.92 Å². The monoisotopic (exact) mass is 230 g/mol. The Kier molecular flexibility index (Phi) is 7.09. The molecule has 0 fully saturated rings. The van der Waals surface area contributed by atoms with Crippen LogP contribution < -0.4 is 0 Å². The third kappa shape index (κ3) is 5.60. The number of oxime groups is 1.